The number of guanidine groups is 1. The molecule has 0 saturated heterocycles. The van der Waals surface area contributed by atoms with Gasteiger partial charge in [0.25, 0.3) is 0 Å². The van der Waals surface area contributed by atoms with E-state index >= 15 is 0 Å². The van der Waals surface area contributed by atoms with E-state index in [0.717, 1.165) is 6.54 Å². The molecule has 0 spiro atoms. The van der Waals surface area contributed by atoms with Gasteiger partial charge in [0.05, 0.1) is 0 Å². The van der Waals surface area contributed by atoms with Crippen molar-refractivity contribution in [1.29, 1.82) is 5.41 Å². The van der Waals surface area contributed by atoms with Crippen LogP contribution in [0.5, 0.6) is 0 Å². The van der Waals surface area contributed by atoms with Crippen LogP contribution in [0.15, 0.2) is 0 Å². The second kappa shape index (κ2) is 4.18. The summed E-state index contributed by atoms with van der Waals surface area (Å²) in [5, 5.41) is 13.0. The van der Waals surface area contributed by atoms with Crippen molar-refractivity contribution < 1.29 is 0 Å². The smallest absolute Gasteiger partial charge is 0.188 e. The van der Waals surface area contributed by atoms with Gasteiger partial charge in [-0.3, -0.25) is 5.41 Å². The first-order valence-electron chi connectivity index (χ1n) is 3.25. The van der Waals surface area contributed by atoms with Gasteiger partial charge in [-0.05, 0) is 20.8 Å². The zero-order valence-electron chi connectivity index (χ0n) is 6.28. The summed E-state index contributed by atoms with van der Waals surface area (Å²) in [4.78, 5) is 0. The molecule has 0 aliphatic carbocycles. The van der Waals surface area contributed by atoms with Crippen molar-refractivity contribution >= 4 is 5.96 Å². The van der Waals surface area contributed by atoms with E-state index in [2.05, 4.69) is 10.6 Å². The first-order valence-corrected chi connectivity index (χ1v) is 3.25. The molecular formula is C6H15N3. The molecule has 0 radical (unpaired) electrons. The third-order valence-electron chi connectivity index (χ3n) is 0.787. The molecule has 0 atom stereocenters. The minimum Gasteiger partial charge on any atom is -0.357 e. The van der Waals surface area contributed by atoms with Crippen molar-refractivity contribution in [3.63, 3.8) is 0 Å². The highest BCUT2D eigenvalue weighted by molar-refractivity contribution is 5.76. The van der Waals surface area contributed by atoms with Crippen LogP contribution in [0.2, 0.25) is 0 Å². The Morgan fingerprint density at radius 1 is 1.56 bits per heavy atom. The van der Waals surface area contributed by atoms with Crippen molar-refractivity contribution in [2.45, 2.75) is 26.8 Å². The largest absolute Gasteiger partial charge is 0.357 e. The monoisotopic (exact) mass is 129 g/mol. The lowest BCUT2D eigenvalue weighted by Crippen LogP contribution is -2.39. The fraction of sp³-hybridized carbons (Fsp3) is 0.833. The van der Waals surface area contributed by atoms with Crippen LogP contribution in [0.3, 0.4) is 0 Å². The molecule has 0 aromatic carbocycles. The summed E-state index contributed by atoms with van der Waals surface area (Å²) in [7, 11) is 0. The van der Waals surface area contributed by atoms with Crippen molar-refractivity contribution in [2.75, 3.05) is 6.54 Å². The Bertz CT molecular complexity index is 88.3. The van der Waals surface area contributed by atoms with Gasteiger partial charge >= 0.3 is 0 Å². The van der Waals surface area contributed by atoms with Crippen LogP contribution >= 0.6 is 0 Å². The minimum absolute atomic E-state index is 0.344. The van der Waals surface area contributed by atoms with Crippen LogP contribution in [0.1, 0.15) is 20.8 Å². The lowest BCUT2D eigenvalue weighted by molar-refractivity contribution is 0.702. The van der Waals surface area contributed by atoms with Crippen LogP contribution in [-0.2, 0) is 0 Å². The molecular weight excluding hydrogens is 114 g/mol. The topological polar surface area (TPSA) is 47.9 Å². The van der Waals surface area contributed by atoms with Crippen molar-refractivity contribution in [1.82, 2.24) is 10.6 Å². The second-order valence-electron chi connectivity index (χ2n) is 2.20. The highest BCUT2D eigenvalue weighted by atomic mass is 15.1. The van der Waals surface area contributed by atoms with Gasteiger partial charge in [0.15, 0.2) is 5.96 Å². The van der Waals surface area contributed by atoms with Gasteiger partial charge in [-0.1, -0.05) is 0 Å². The van der Waals surface area contributed by atoms with Crippen LogP contribution in [0.25, 0.3) is 0 Å². The first-order chi connectivity index (χ1) is 4.16. The summed E-state index contributed by atoms with van der Waals surface area (Å²) in [5.74, 6) is 0.410. The lowest BCUT2D eigenvalue weighted by atomic mass is 10.4. The Balaban J connectivity index is 3.27. The highest BCUT2D eigenvalue weighted by Gasteiger charge is 1.93. The molecule has 0 aliphatic heterocycles. The molecule has 0 aromatic heterocycles. The van der Waals surface area contributed by atoms with Gasteiger partial charge in [-0.25, -0.2) is 0 Å². The Labute approximate surface area is 56.3 Å². The van der Waals surface area contributed by atoms with Gasteiger partial charge in [0.1, 0.15) is 0 Å². The van der Waals surface area contributed by atoms with Crippen molar-refractivity contribution in [2.24, 2.45) is 0 Å². The van der Waals surface area contributed by atoms with E-state index in [-0.39, 0.29) is 0 Å². The first kappa shape index (κ1) is 8.27. The molecule has 0 aromatic rings. The standard InChI is InChI=1S/C6H15N3/c1-4-8-6(7)9-5(2)3/h5H,4H2,1-3H3,(H3,7,8,9). The van der Waals surface area contributed by atoms with Gasteiger partial charge in [-0.2, -0.15) is 0 Å². The Kier molecular flexibility index (Phi) is 3.84. The maximum Gasteiger partial charge on any atom is 0.188 e. The molecule has 0 rings (SSSR count). The predicted molar refractivity (Wildman–Crippen MR) is 39.7 cm³/mol. The molecule has 0 amide bonds. The average molecular weight is 129 g/mol. The Morgan fingerprint density at radius 2 is 2.11 bits per heavy atom. The van der Waals surface area contributed by atoms with Crippen LogP contribution in [-0.4, -0.2) is 18.5 Å². The van der Waals surface area contributed by atoms with Crippen molar-refractivity contribution in [3.05, 3.63) is 0 Å². The van der Waals surface area contributed by atoms with E-state index in [1.807, 2.05) is 20.8 Å². The van der Waals surface area contributed by atoms with E-state index in [9.17, 15) is 0 Å². The maximum absolute atomic E-state index is 7.20. The lowest BCUT2D eigenvalue weighted by Gasteiger charge is -2.10. The van der Waals surface area contributed by atoms with E-state index in [4.69, 9.17) is 5.41 Å². The van der Waals surface area contributed by atoms with Gasteiger partial charge in [0, 0.05) is 12.6 Å². The third-order valence-corrected chi connectivity index (χ3v) is 0.787. The Morgan fingerprint density at radius 3 is 2.44 bits per heavy atom. The minimum atomic E-state index is 0.344. The highest BCUT2D eigenvalue weighted by Crippen LogP contribution is 1.73. The summed E-state index contributed by atoms with van der Waals surface area (Å²) >= 11 is 0. The summed E-state index contributed by atoms with van der Waals surface area (Å²) in [6.45, 7) is 6.78. The molecule has 0 bridgehead atoms. The SMILES string of the molecule is CCNC(=N)NC(C)C. The molecule has 3 N–H and O–H groups in total. The number of rotatable bonds is 2. The molecule has 54 valence electrons. The molecule has 3 heteroatoms. The molecule has 0 saturated carbocycles. The zero-order chi connectivity index (χ0) is 7.28. The van der Waals surface area contributed by atoms with Gasteiger partial charge in [-0.15, -0.1) is 0 Å². The number of nitrogens with one attached hydrogen (secondary N) is 3. The van der Waals surface area contributed by atoms with E-state index in [1.54, 1.807) is 0 Å². The van der Waals surface area contributed by atoms with Crippen LogP contribution < -0.4 is 10.6 Å². The molecule has 0 fully saturated rings. The summed E-state index contributed by atoms with van der Waals surface area (Å²) < 4.78 is 0. The van der Waals surface area contributed by atoms with Crippen LogP contribution in [0.4, 0.5) is 0 Å². The summed E-state index contributed by atoms with van der Waals surface area (Å²) in [6.07, 6.45) is 0. The molecule has 3 nitrogen and oxygen atoms in total. The van der Waals surface area contributed by atoms with Crippen molar-refractivity contribution in [3.8, 4) is 0 Å². The van der Waals surface area contributed by atoms with Crippen LogP contribution in [0, 0.1) is 5.41 Å². The number of hydrogen-bond donors (Lipinski definition) is 3. The molecule has 9 heavy (non-hydrogen) atoms. The van der Waals surface area contributed by atoms with E-state index < -0.39 is 0 Å². The summed E-state index contributed by atoms with van der Waals surface area (Å²) in [5.41, 5.74) is 0. The maximum atomic E-state index is 7.20. The third kappa shape index (κ3) is 5.14. The molecule has 0 unspecified atom stereocenters. The summed E-state index contributed by atoms with van der Waals surface area (Å²) in [6, 6.07) is 0.344. The average Bonchev–Trinajstić information content (AvgIpc) is 1.63. The predicted octanol–water partition coefficient (Wildman–Crippen LogP) is 0.529. The zero-order valence-corrected chi connectivity index (χ0v) is 6.28. The fourth-order valence-electron chi connectivity index (χ4n) is 0.516. The quantitative estimate of drug-likeness (QED) is 0.376. The van der Waals surface area contributed by atoms with E-state index in [1.165, 1.54) is 0 Å². The molecule has 0 aliphatic rings. The Hall–Kier alpha value is -0.730. The normalized spacial score (nSPS) is 9.33. The second-order valence-corrected chi connectivity index (χ2v) is 2.20. The fourth-order valence-corrected chi connectivity index (χ4v) is 0.516. The van der Waals surface area contributed by atoms with Gasteiger partial charge in [0.2, 0.25) is 0 Å². The van der Waals surface area contributed by atoms with Gasteiger partial charge < -0.3 is 10.6 Å². The number of hydrogen-bond acceptors (Lipinski definition) is 1. The van der Waals surface area contributed by atoms with E-state index in [0.29, 0.717) is 12.0 Å². The molecule has 0 heterocycles.